The molecule has 1 unspecified atom stereocenters. The van der Waals surface area contributed by atoms with Crippen LogP contribution in [-0.2, 0) is 0 Å². The highest BCUT2D eigenvalue weighted by Crippen LogP contribution is 2.26. The quantitative estimate of drug-likeness (QED) is 0.781. The lowest BCUT2D eigenvalue weighted by Gasteiger charge is -2.17. The monoisotopic (exact) mass is 267 g/mol. The number of hydrogen-bond acceptors (Lipinski definition) is 3. The van der Waals surface area contributed by atoms with Crippen molar-refractivity contribution in [3.8, 4) is 0 Å². The van der Waals surface area contributed by atoms with Crippen LogP contribution in [0.3, 0.4) is 0 Å². The van der Waals surface area contributed by atoms with E-state index in [1.54, 1.807) is 12.4 Å². The van der Waals surface area contributed by atoms with Crippen LogP contribution in [0.2, 0.25) is 0 Å². The summed E-state index contributed by atoms with van der Waals surface area (Å²) in [5, 5.41) is 5.55. The number of anilines is 1. The van der Waals surface area contributed by atoms with E-state index in [0.29, 0.717) is 0 Å². The lowest BCUT2D eigenvalue weighted by Crippen LogP contribution is -2.07. The summed E-state index contributed by atoms with van der Waals surface area (Å²) < 4.78 is 13.2. The highest BCUT2D eigenvalue weighted by molar-refractivity contribution is 5.93. The Kier molecular flexibility index (Phi) is 3.29. The Morgan fingerprint density at radius 2 is 2.00 bits per heavy atom. The highest BCUT2D eigenvalue weighted by atomic mass is 19.1. The van der Waals surface area contributed by atoms with Gasteiger partial charge in [0.25, 0.3) is 0 Å². The van der Waals surface area contributed by atoms with Crippen LogP contribution in [0.25, 0.3) is 10.8 Å². The minimum absolute atomic E-state index is 0.0380. The zero-order valence-corrected chi connectivity index (χ0v) is 11.0. The molecular formula is C16H14FN3. The van der Waals surface area contributed by atoms with Gasteiger partial charge in [-0.15, -0.1) is 0 Å². The van der Waals surface area contributed by atoms with Crippen LogP contribution < -0.4 is 5.32 Å². The molecule has 3 nitrogen and oxygen atoms in total. The minimum Gasteiger partial charge on any atom is -0.378 e. The maximum absolute atomic E-state index is 13.2. The molecule has 100 valence electrons. The fraction of sp³-hybridized carbons (Fsp3) is 0.125. The van der Waals surface area contributed by atoms with Crippen molar-refractivity contribution in [2.45, 2.75) is 13.0 Å². The second-order valence-electron chi connectivity index (χ2n) is 4.70. The molecule has 0 fully saturated rings. The van der Waals surface area contributed by atoms with E-state index >= 15 is 0 Å². The lowest BCUT2D eigenvalue weighted by atomic mass is 10.1. The van der Waals surface area contributed by atoms with Crippen molar-refractivity contribution >= 4 is 16.5 Å². The summed E-state index contributed by atoms with van der Waals surface area (Å²) in [6, 6.07) is 9.44. The Morgan fingerprint density at radius 1 is 1.10 bits per heavy atom. The zero-order valence-electron chi connectivity index (χ0n) is 11.0. The topological polar surface area (TPSA) is 37.8 Å². The smallest absolute Gasteiger partial charge is 0.141 e. The van der Waals surface area contributed by atoms with Crippen LogP contribution in [-0.4, -0.2) is 9.97 Å². The van der Waals surface area contributed by atoms with Crippen LogP contribution in [0.5, 0.6) is 0 Å². The highest BCUT2D eigenvalue weighted by Gasteiger charge is 2.08. The molecule has 2 aromatic heterocycles. The third kappa shape index (κ3) is 2.45. The van der Waals surface area contributed by atoms with Crippen molar-refractivity contribution in [2.75, 3.05) is 5.32 Å². The number of aromatic nitrogens is 2. The Hall–Kier alpha value is -2.49. The number of rotatable bonds is 3. The first-order chi connectivity index (χ1) is 9.74. The molecule has 3 aromatic rings. The Labute approximate surface area is 116 Å². The minimum atomic E-state index is -0.323. The number of fused-ring (bicyclic) bond motifs is 1. The van der Waals surface area contributed by atoms with Crippen molar-refractivity contribution in [1.29, 1.82) is 0 Å². The fourth-order valence-electron chi connectivity index (χ4n) is 2.22. The van der Waals surface area contributed by atoms with Crippen LogP contribution in [0.15, 0.2) is 55.1 Å². The van der Waals surface area contributed by atoms with Gasteiger partial charge in [0.15, 0.2) is 0 Å². The van der Waals surface area contributed by atoms with Gasteiger partial charge in [-0.05, 0) is 36.1 Å². The number of benzene rings is 1. The summed E-state index contributed by atoms with van der Waals surface area (Å²) >= 11 is 0. The van der Waals surface area contributed by atoms with E-state index in [0.717, 1.165) is 22.0 Å². The Balaban J connectivity index is 1.93. The molecule has 20 heavy (non-hydrogen) atoms. The molecule has 0 aliphatic carbocycles. The van der Waals surface area contributed by atoms with Gasteiger partial charge >= 0.3 is 0 Å². The third-order valence-electron chi connectivity index (χ3n) is 3.28. The van der Waals surface area contributed by atoms with Gasteiger partial charge < -0.3 is 5.32 Å². The molecule has 0 spiro atoms. The van der Waals surface area contributed by atoms with E-state index < -0.39 is 0 Å². The predicted octanol–water partition coefficient (Wildman–Crippen LogP) is 3.94. The third-order valence-corrected chi connectivity index (χ3v) is 3.28. The first-order valence-electron chi connectivity index (χ1n) is 6.44. The van der Waals surface area contributed by atoms with E-state index in [9.17, 15) is 4.39 Å². The van der Waals surface area contributed by atoms with Crippen LogP contribution >= 0.6 is 0 Å². The average molecular weight is 267 g/mol. The van der Waals surface area contributed by atoms with Crippen molar-refractivity contribution < 1.29 is 4.39 Å². The number of pyridine rings is 2. The Bertz CT molecular complexity index is 737. The molecule has 0 amide bonds. The number of hydrogen-bond donors (Lipinski definition) is 1. The van der Waals surface area contributed by atoms with Crippen LogP contribution in [0.1, 0.15) is 18.5 Å². The molecule has 1 atom stereocenters. The van der Waals surface area contributed by atoms with E-state index in [1.165, 1.54) is 12.3 Å². The first-order valence-corrected chi connectivity index (χ1v) is 6.44. The van der Waals surface area contributed by atoms with Crippen molar-refractivity contribution in [1.82, 2.24) is 9.97 Å². The first kappa shape index (κ1) is 12.5. The van der Waals surface area contributed by atoms with E-state index in [1.807, 2.05) is 37.4 Å². The summed E-state index contributed by atoms with van der Waals surface area (Å²) in [6.45, 7) is 1.98. The van der Waals surface area contributed by atoms with Gasteiger partial charge in [0, 0.05) is 29.7 Å². The molecule has 0 aliphatic heterocycles. The van der Waals surface area contributed by atoms with Gasteiger partial charge in [-0.1, -0.05) is 12.1 Å². The van der Waals surface area contributed by atoms with Gasteiger partial charge in [0.2, 0.25) is 0 Å². The van der Waals surface area contributed by atoms with Crippen molar-refractivity contribution in [3.63, 3.8) is 0 Å². The lowest BCUT2D eigenvalue weighted by molar-refractivity contribution is 0.616. The van der Waals surface area contributed by atoms with Gasteiger partial charge in [-0.25, -0.2) is 4.39 Å². The zero-order chi connectivity index (χ0) is 13.9. The molecule has 3 rings (SSSR count). The van der Waals surface area contributed by atoms with E-state index in [2.05, 4.69) is 15.3 Å². The molecule has 0 aliphatic rings. The number of nitrogens with one attached hydrogen (secondary N) is 1. The maximum atomic E-state index is 13.2. The molecule has 1 N–H and O–H groups in total. The normalized spacial score (nSPS) is 12.3. The molecule has 2 heterocycles. The SMILES string of the molecule is CC(Nc1cccc2ccncc12)c1cncc(F)c1. The second-order valence-corrected chi connectivity index (χ2v) is 4.70. The molecule has 1 aromatic carbocycles. The molecular weight excluding hydrogens is 253 g/mol. The van der Waals surface area contributed by atoms with Crippen molar-refractivity contribution in [3.05, 3.63) is 66.5 Å². The molecule has 0 radical (unpaired) electrons. The molecule has 0 saturated heterocycles. The summed E-state index contributed by atoms with van der Waals surface area (Å²) in [6.07, 6.45) is 6.47. The average Bonchev–Trinajstić information content (AvgIpc) is 2.47. The molecule has 4 heteroatoms. The maximum Gasteiger partial charge on any atom is 0.141 e. The van der Waals surface area contributed by atoms with Crippen molar-refractivity contribution in [2.24, 2.45) is 0 Å². The summed E-state index contributed by atoms with van der Waals surface area (Å²) in [4.78, 5) is 8.04. The standard InChI is InChI=1S/C16H14FN3/c1-11(13-7-14(17)9-19-8-13)20-16-4-2-3-12-5-6-18-10-15(12)16/h2-11,20H,1H3. The summed E-state index contributed by atoms with van der Waals surface area (Å²) in [7, 11) is 0. The number of nitrogens with zero attached hydrogens (tertiary/aromatic N) is 2. The van der Waals surface area contributed by atoms with Gasteiger partial charge in [-0.2, -0.15) is 0 Å². The van der Waals surface area contributed by atoms with Gasteiger partial charge in [-0.3, -0.25) is 9.97 Å². The largest absolute Gasteiger partial charge is 0.378 e. The van der Waals surface area contributed by atoms with Crippen LogP contribution in [0, 0.1) is 5.82 Å². The molecule has 0 saturated carbocycles. The predicted molar refractivity (Wildman–Crippen MR) is 78.0 cm³/mol. The second kappa shape index (κ2) is 5.25. The van der Waals surface area contributed by atoms with Gasteiger partial charge in [0.1, 0.15) is 5.82 Å². The van der Waals surface area contributed by atoms with Crippen LogP contribution in [0.4, 0.5) is 10.1 Å². The Morgan fingerprint density at radius 3 is 2.85 bits per heavy atom. The van der Waals surface area contributed by atoms with Gasteiger partial charge in [0.05, 0.1) is 12.2 Å². The summed E-state index contributed by atoms with van der Waals surface area (Å²) in [5.41, 5.74) is 1.79. The van der Waals surface area contributed by atoms with E-state index in [4.69, 9.17) is 0 Å². The molecule has 0 bridgehead atoms. The fourth-order valence-corrected chi connectivity index (χ4v) is 2.22. The summed E-state index contributed by atoms with van der Waals surface area (Å²) in [5.74, 6) is -0.323. The van der Waals surface area contributed by atoms with E-state index in [-0.39, 0.29) is 11.9 Å². The number of halogens is 1.